The molecule has 116 valence electrons. The van der Waals surface area contributed by atoms with Gasteiger partial charge in [0.2, 0.25) is 10.0 Å². The van der Waals surface area contributed by atoms with Crippen molar-refractivity contribution in [2.75, 3.05) is 7.05 Å². The zero-order valence-electron chi connectivity index (χ0n) is 11.9. The van der Waals surface area contributed by atoms with Gasteiger partial charge in [0.15, 0.2) is 5.76 Å². The van der Waals surface area contributed by atoms with E-state index in [4.69, 9.17) is 9.05 Å². The van der Waals surface area contributed by atoms with Crippen molar-refractivity contribution in [3.8, 4) is 10.6 Å². The van der Waals surface area contributed by atoms with Crippen LogP contribution in [-0.2, 0) is 16.6 Å². The predicted molar refractivity (Wildman–Crippen MR) is 79.7 cm³/mol. The monoisotopic (exact) mass is 339 g/mol. The summed E-state index contributed by atoms with van der Waals surface area (Å²) in [5, 5.41) is 7.37. The fourth-order valence-electron chi connectivity index (χ4n) is 1.99. The first kappa shape index (κ1) is 14.9. The average Bonchev–Trinajstić information content (AvgIpc) is 3.18. The zero-order valence-corrected chi connectivity index (χ0v) is 13.5. The highest BCUT2D eigenvalue weighted by molar-refractivity contribution is 7.89. The normalized spacial score (nSPS) is 12.1. The van der Waals surface area contributed by atoms with Crippen LogP contribution in [0.5, 0.6) is 0 Å². The molecule has 3 aromatic rings. The van der Waals surface area contributed by atoms with E-state index in [1.54, 1.807) is 25.1 Å². The molecule has 0 bridgehead atoms. The molecule has 3 rings (SSSR count). The first-order valence-corrected chi connectivity index (χ1v) is 8.61. The van der Waals surface area contributed by atoms with Crippen molar-refractivity contribution < 1.29 is 17.5 Å². The van der Waals surface area contributed by atoms with E-state index in [9.17, 15) is 8.42 Å². The van der Waals surface area contributed by atoms with Gasteiger partial charge in [-0.05, 0) is 13.0 Å². The lowest BCUT2D eigenvalue weighted by Gasteiger charge is -2.15. The van der Waals surface area contributed by atoms with Crippen LogP contribution in [0, 0.1) is 6.92 Å². The third kappa shape index (κ3) is 2.70. The van der Waals surface area contributed by atoms with Crippen LogP contribution in [0.25, 0.3) is 10.6 Å². The SMILES string of the molecule is Cc1sc(-c2ccno2)cc1S(=O)(=O)N(C)Cc1ccon1. The van der Waals surface area contributed by atoms with Crippen LogP contribution in [0.2, 0.25) is 0 Å². The Kier molecular flexibility index (Phi) is 3.85. The Morgan fingerprint density at radius 3 is 2.82 bits per heavy atom. The van der Waals surface area contributed by atoms with Crippen LogP contribution in [0.15, 0.2) is 44.6 Å². The third-order valence-corrected chi connectivity index (χ3v) is 6.24. The Bertz CT molecular complexity index is 851. The molecule has 0 spiro atoms. The highest BCUT2D eigenvalue weighted by Gasteiger charge is 2.26. The molecule has 3 heterocycles. The summed E-state index contributed by atoms with van der Waals surface area (Å²) in [6.45, 7) is 1.91. The summed E-state index contributed by atoms with van der Waals surface area (Å²) < 4.78 is 36.4. The smallest absolute Gasteiger partial charge is 0.244 e. The van der Waals surface area contributed by atoms with Crippen LogP contribution in [-0.4, -0.2) is 30.1 Å². The number of thiophene rings is 1. The van der Waals surface area contributed by atoms with E-state index in [-0.39, 0.29) is 11.4 Å². The van der Waals surface area contributed by atoms with Gasteiger partial charge in [0, 0.05) is 24.1 Å². The second kappa shape index (κ2) is 5.67. The van der Waals surface area contributed by atoms with Crippen LogP contribution in [0.4, 0.5) is 0 Å². The molecule has 0 fully saturated rings. The Hall–Kier alpha value is -1.97. The van der Waals surface area contributed by atoms with Crippen LogP contribution in [0.3, 0.4) is 0 Å². The van der Waals surface area contributed by atoms with E-state index in [2.05, 4.69) is 10.3 Å². The molecule has 0 N–H and O–H groups in total. The predicted octanol–water partition coefficient (Wildman–Crippen LogP) is 2.52. The first-order valence-electron chi connectivity index (χ1n) is 6.35. The summed E-state index contributed by atoms with van der Waals surface area (Å²) in [6, 6.07) is 4.93. The maximum absolute atomic E-state index is 12.7. The van der Waals surface area contributed by atoms with Gasteiger partial charge in [-0.15, -0.1) is 11.3 Å². The largest absolute Gasteiger partial charge is 0.364 e. The Labute approximate surface area is 131 Å². The van der Waals surface area contributed by atoms with Gasteiger partial charge in [0.05, 0.1) is 28.2 Å². The van der Waals surface area contributed by atoms with E-state index < -0.39 is 10.0 Å². The van der Waals surface area contributed by atoms with E-state index in [0.29, 0.717) is 16.3 Å². The molecule has 0 aliphatic rings. The van der Waals surface area contributed by atoms with Crippen molar-refractivity contribution in [3.05, 3.63) is 41.2 Å². The molecule has 0 aromatic carbocycles. The summed E-state index contributed by atoms with van der Waals surface area (Å²) in [5.41, 5.74) is 0.550. The number of nitrogens with zero attached hydrogens (tertiary/aromatic N) is 3. The highest BCUT2D eigenvalue weighted by Crippen LogP contribution is 2.34. The lowest BCUT2D eigenvalue weighted by molar-refractivity contribution is 0.394. The fraction of sp³-hybridized carbons (Fsp3) is 0.231. The standard InChI is InChI=1S/C13H13N3O4S2/c1-9-13(7-12(21-9)11-3-5-14-20-11)22(17,18)16(2)8-10-4-6-19-15-10/h3-7H,8H2,1-2H3. The van der Waals surface area contributed by atoms with E-state index in [0.717, 1.165) is 4.88 Å². The van der Waals surface area contributed by atoms with Crippen molar-refractivity contribution in [2.24, 2.45) is 0 Å². The number of aromatic nitrogens is 2. The Morgan fingerprint density at radius 1 is 1.36 bits per heavy atom. The minimum atomic E-state index is -3.62. The molecule has 7 nitrogen and oxygen atoms in total. The van der Waals surface area contributed by atoms with Crippen molar-refractivity contribution in [1.29, 1.82) is 0 Å². The number of hydrogen-bond donors (Lipinski definition) is 0. The molecular weight excluding hydrogens is 326 g/mol. The van der Waals surface area contributed by atoms with Gasteiger partial charge in [-0.3, -0.25) is 0 Å². The Morgan fingerprint density at radius 2 is 2.18 bits per heavy atom. The van der Waals surface area contributed by atoms with Crippen LogP contribution in [0.1, 0.15) is 10.6 Å². The van der Waals surface area contributed by atoms with E-state index in [1.807, 2.05) is 0 Å². The lowest BCUT2D eigenvalue weighted by atomic mass is 10.3. The van der Waals surface area contributed by atoms with Crippen molar-refractivity contribution in [1.82, 2.24) is 14.6 Å². The quantitative estimate of drug-likeness (QED) is 0.709. The van der Waals surface area contributed by atoms with Gasteiger partial charge >= 0.3 is 0 Å². The summed E-state index contributed by atoms with van der Waals surface area (Å²) in [6.07, 6.45) is 2.93. The van der Waals surface area contributed by atoms with Crippen LogP contribution < -0.4 is 0 Å². The maximum Gasteiger partial charge on any atom is 0.244 e. The topological polar surface area (TPSA) is 89.4 Å². The third-order valence-electron chi connectivity index (χ3n) is 3.12. The van der Waals surface area contributed by atoms with Gasteiger partial charge in [0.1, 0.15) is 6.26 Å². The molecule has 9 heteroatoms. The maximum atomic E-state index is 12.7. The molecule has 0 atom stereocenters. The van der Waals surface area contributed by atoms with Crippen molar-refractivity contribution >= 4 is 21.4 Å². The number of rotatable bonds is 5. The lowest BCUT2D eigenvalue weighted by Crippen LogP contribution is -2.26. The van der Waals surface area contributed by atoms with E-state index in [1.165, 1.54) is 35.1 Å². The molecule has 0 saturated carbocycles. The van der Waals surface area contributed by atoms with Gasteiger partial charge in [-0.1, -0.05) is 10.3 Å². The van der Waals surface area contributed by atoms with Crippen molar-refractivity contribution in [2.45, 2.75) is 18.4 Å². The molecule has 0 radical (unpaired) electrons. The minimum absolute atomic E-state index is 0.145. The molecule has 0 aliphatic heterocycles. The molecule has 0 amide bonds. The summed E-state index contributed by atoms with van der Waals surface area (Å²) in [5.74, 6) is 0.550. The number of aryl methyl sites for hydroxylation is 1. The molecule has 3 aromatic heterocycles. The Balaban J connectivity index is 1.92. The van der Waals surface area contributed by atoms with Gasteiger partial charge in [-0.2, -0.15) is 4.31 Å². The highest BCUT2D eigenvalue weighted by atomic mass is 32.2. The average molecular weight is 339 g/mol. The number of hydrogen-bond acceptors (Lipinski definition) is 7. The first-order chi connectivity index (χ1) is 10.5. The van der Waals surface area contributed by atoms with E-state index >= 15 is 0 Å². The molecule has 0 unspecified atom stereocenters. The molecule has 22 heavy (non-hydrogen) atoms. The second-order valence-electron chi connectivity index (χ2n) is 4.66. The van der Waals surface area contributed by atoms with Crippen LogP contribution >= 0.6 is 11.3 Å². The molecule has 0 saturated heterocycles. The summed E-state index contributed by atoms with van der Waals surface area (Å²) in [4.78, 5) is 1.68. The van der Waals surface area contributed by atoms with Gasteiger partial charge < -0.3 is 9.05 Å². The zero-order chi connectivity index (χ0) is 15.7. The summed E-state index contributed by atoms with van der Waals surface area (Å²) in [7, 11) is -2.11. The summed E-state index contributed by atoms with van der Waals surface area (Å²) >= 11 is 1.35. The molecular formula is C13H13N3O4S2. The molecule has 0 aliphatic carbocycles. The fourth-order valence-corrected chi connectivity index (χ4v) is 4.64. The number of sulfonamides is 1. The minimum Gasteiger partial charge on any atom is -0.364 e. The van der Waals surface area contributed by atoms with Crippen molar-refractivity contribution in [3.63, 3.8) is 0 Å². The van der Waals surface area contributed by atoms with Gasteiger partial charge in [-0.25, -0.2) is 8.42 Å². The van der Waals surface area contributed by atoms with Gasteiger partial charge in [0.25, 0.3) is 0 Å². The second-order valence-corrected chi connectivity index (χ2v) is 7.93.